The van der Waals surface area contributed by atoms with Gasteiger partial charge in [-0.05, 0) is 49.2 Å². The van der Waals surface area contributed by atoms with Crippen LogP contribution in [0.2, 0.25) is 0 Å². The molecule has 6 heteroatoms. The molecular weight excluding hydrogens is 362 g/mol. The van der Waals surface area contributed by atoms with E-state index in [0.29, 0.717) is 23.8 Å². The average molecular weight is 390 g/mol. The molecule has 0 atom stereocenters. The first kappa shape index (κ1) is 21.0. The number of ether oxygens (including phenoxy) is 3. The van der Waals surface area contributed by atoms with Crippen molar-refractivity contribution < 1.29 is 19.0 Å². The van der Waals surface area contributed by atoms with Crippen LogP contribution < -0.4 is 19.5 Å². The van der Waals surface area contributed by atoms with Gasteiger partial charge in [0, 0.05) is 12.3 Å². The van der Waals surface area contributed by atoms with E-state index in [0.717, 1.165) is 17.1 Å². The summed E-state index contributed by atoms with van der Waals surface area (Å²) in [5.41, 5.74) is 2.13. The molecule has 1 amide bonds. The highest BCUT2D eigenvalue weighted by Crippen LogP contribution is 2.29. The van der Waals surface area contributed by atoms with E-state index >= 15 is 0 Å². The molecule has 0 heterocycles. The summed E-state index contributed by atoms with van der Waals surface area (Å²) in [7, 11) is 3.26. The monoisotopic (exact) mass is 389 g/mol. The highest BCUT2D eigenvalue weighted by atomic mass is 32.2. The molecule has 0 aromatic heterocycles. The molecule has 0 fully saturated rings. The number of thioether (sulfide) groups is 1. The normalized spacial score (nSPS) is 10.6. The number of rotatable bonds is 10. The topological polar surface area (TPSA) is 56.8 Å². The molecule has 146 valence electrons. The van der Waals surface area contributed by atoms with Crippen molar-refractivity contribution >= 4 is 17.7 Å². The molecule has 5 nitrogen and oxygen atoms in total. The van der Waals surface area contributed by atoms with Gasteiger partial charge in [0.15, 0.2) is 11.5 Å². The van der Waals surface area contributed by atoms with Crippen LogP contribution in [-0.2, 0) is 17.1 Å². The summed E-state index contributed by atoms with van der Waals surface area (Å²) in [6, 6.07) is 13.6. The third-order valence-corrected chi connectivity index (χ3v) is 4.75. The molecule has 0 radical (unpaired) electrons. The molecule has 27 heavy (non-hydrogen) atoms. The Balaban J connectivity index is 1.77. The van der Waals surface area contributed by atoms with Gasteiger partial charge in [-0.2, -0.15) is 0 Å². The molecule has 2 aromatic carbocycles. The zero-order valence-electron chi connectivity index (χ0n) is 16.3. The maximum atomic E-state index is 12.1. The molecule has 0 aliphatic rings. The van der Waals surface area contributed by atoms with E-state index in [1.54, 1.807) is 26.0 Å². The number of benzene rings is 2. The van der Waals surface area contributed by atoms with Crippen molar-refractivity contribution in [2.24, 2.45) is 0 Å². The predicted molar refractivity (Wildman–Crippen MR) is 110 cm³/mol. The summed E-state index contributed by atoms with van der Waals surface area (Å²) in [6.07, 6.45) is 0.0761. The molecule has 0 spiro atoms. The van der Waals surface area contributed by atoms with Gasteiger partial charge in [-0.3, -0.25) is 4.79 Å². The summed E-state index contributed by atoms with van der Waals surface area (Å²) < 4.78 is 16.2. The largest absolute Gasteiger partial charge is 0.497 e. The zero-order valence-corrected chi connectivity index (χ0v) is 17.1. The molecule has 0 saturated heterocycles. The van der Waals surface area contributed by atoms with Crippen molar-refractivity contribution in [1.29, 1.82) is 0 Å². The number of hydrogen-bond donors (Lipinski definition) is 1. The SMILES string of the molecule is COc1ccc(CSCC(=O)NCc2ccc(OC(C)C)c(OC)c2)cc1. The third kappa shape index (κ3) is 7.06. The fourth-order valence-electron chi connectivity index (χ4n) is 2.41. The van der Waals surface area contributed by atoms with Crippen LogP contribution >= 0.6 is 11.8 Å². The van der Waals surface area contributed by atoms with Crippen LogP contribution in [0.4, 0.5) is 0 Å². The van der Waals surface area contributed by atoms with Crippen LogP contribution in [0.1, 0.15) is 25.0 Å². The van der Waals surface area contributed by atoms with Gasteiger partial charge in [-0.25, -0.2) is 0 Å². The fraction of sp³-hybridized carbons (Fsp3) is 0.381. The van der Waals surface area contributed by atoms with E-state index in [2.05, 4.69) is 5.32 Å². The molecule has 0 aliphatic carbocycles. The van der Waals surface area contributed by atoms with E-state index < -0.39 is 0 Å². The Morgan fingerprint density at radius 3 is 2.33 bits per heavy atom. The second-order valence-electron chi connectivity index (χ2n) is 6.27. The van der Waals surface area contributed by atoms with E-state index in [-0.39, 0.29) is 12.0 Å². The van der Waals surface area contributed by atoms with E-state index in [9.17, 15) is 4.79 Å². The van der Waals surface area contributed by atoms with Gasteiger partial charge in [0.1, 0.15) is 5.75 Å². The lowest BCUT2D eigenvalue weighted by Crippen LogP contribution is -2.24. The standard InChI is InChI=1S/C21H27NO4S/c1-15(2)26-19-10-7-17(11-20(19)25-4)12-22-21(23)14-27-13-16-5-8-18(24-3)9-6-16/h5-11,15H,12-14H2,1-4H3,(H,22,23). The first-order valence-corrected chi connectivity index (χ1v) is 9.98. The molecule has 0 bridgehead atoms. The lowest BCUT2D eigenvalue weighted by molar-refractivity contribution is -0.118. The number of methoxy groups -OCH3 is 2. The smallest absolute Gasteiger partial charge is 0.230 e. The Bertz CT molecular complexity index is 731. The molecule has 1 N–H and O–H groups in total. The van der Waals surface area contributed by atoms with Gasteiger partial charge < -0.3 is 19.5 Å². The minimum atomic E-state index is 0.00925. The minimum Gasteiger partial charge on any atom is -0.497 e. The quantitative estimate of drug-likeness (QED) is 0.665. The number of amides is 1. The van der Waals surface area contributed by atoms with Gasteiger partial charge in [0.05, 0.1) is 26.1 Å². The van der Waals surface area contributed by atoms with Crippen molar-refractivity contribution in [2.75, 3.05) is 20.0 Å². The second-order valence-corrected chi connectivity index (χ2v) is 7.26. The van der Waals surface area contributed by atoms with Crippen LogP contribution in [0, 0.1) is 0 Å². The predicted octanol–water partition coefficient (Wildman–Crippen LogP) is 4.04. The van der Waals surface area contributed by atoms with Crippen LogP contribution in [0.25, 0.3) is 0 Å². The van der Waals surface area contributed by atoms with E-state index in [1.165, 1.54) is 5.56 Å². The molecule has 0 unspecified atom stereocenters. The minimum absolute atomic E-state index is 0.00925. The van der Waals surface area contributed by atoms with E-state index in [4.69, 9.17) is 14.2 Å². The van der Waals surface area contributed by atoms with E-state index in [1.807, 2.05) is 56.3 Å². The van der Waals surface area contributed by atoms with Crippen molar-refractivity contribution in [3.05, 3.63) is 53.6 Å². The third-order valence-electron chi connectivity index (χ3n) is 3.74. The van der Waals surface area contributed by atoms with Crippen LogP contribution in [0.3, 0.4) is 0 Å². The summed E-state index contributed by atoms with van der Waals surface area (Å²) in [5.74, 6) is 3.42. The zero-order chi connectivity index (χ0) is 19.6. The van der Waals surface area contributed by atoms with Crippen molar-refractivity contribution in [3.8, 4) is 17.2 Å². The summed E-state index contributed by atoms with van der Waals surface area (Å²) in [5, 5.41) is 2.94. The van der Waals surface area contributed by atoms with Gasteiger partial charge >= 0.3 is 0 Å². The Labute approximate surface area is 165 Å². The Kier molecular flexibility index (Phi) is 8.33. The first-order valence-electron chi connectivity index (χ1n) is 8.82. The maximum absolute atomic E-state index is 12.1. The summed E-state index contributed by atoms with van der Waals surface area (Å²) in [6.45, 7) is 4.40. The molecule has 0 saturated carbocycles. The van der Waals surface area contributed by atoms with Crippen LogP contribution in [-0.4, -0.2) is 32.0 Å². The fourth-order valence-corrected chi connectivity index (χ4v) is 3.23. The second kappa shape index (κ2) is 10.7. The summed E-state index contributed by atoms with van der Waals surface area (Å²) in [4.78, 5) is 12.1. The van der Waals surface area contributed by atoms with Gasteiger partial charge in [0.2, 0.25) is 5.91 Å². The number of carbonyl (C=O) groups excluding carboxylic acids is 1. The lowest BCUT2D eigenvalue weighted by atomic mass is 10.2. The lowest BCUT2D eigenvalue weighted by Gasteiger charge is -2.14. The van der Waals surface area contributed by atoms with Crippen molar-refractivity contribution in [2.45, 2.75) is 32.2 Å². The van der Waals surface area contributed by atoms with Crippen LogP contribution in [0.15, 0.2) is 42.5 Å². The Hall–Kier alpha value is -2.34. The van der Waals surface area contributed by atoms with Gasteiger partial charge in [-0.15, -0.1) is 11.8 Å². The Morgan fingerprint density at radius 1 is 1.00 bits per heavy atom. The van der Waals surface area contributed by atoms with Gasteiger partial charge in [0.25, 0.3) is 0 Å². The van der Waals surface area contributed by atoms with Crippen LogP contribution in [0.5, 0.6) is 17.2 Å². The highest BCUT2D eigenvalue weighted by Gasteiger charge is 2.09. The number of nitrogens with one attached hydrogen (secondary N) is 1. The first-order chi connectivity index (χ1) is 13.0. The molecular formula is C21H27NO4S. The molecule has 2 rings (SSSR count). The van der Waals surface area contributed by atoms with Crippen molar-refractivity contribution in [1.82, 2.24) is 5.32 Å². The summed E-state index contributed by atoms with van der Waals surface area (Å²) >= 11 is 1.58. The number of carbonyl (C=O) groups is 1. The highest BCUT2D eigenvalue weighted by molar-refractivity contribution is 7.99. The number of hydrogen-bond acceptors (Lipinski definition) is 5. The van der Waals surface area contributed by atoms with Gasteiger partial charge in [-0.1, -0.05) is 18.2 Å². The average Bonchev–Trinajstić information content (AvgIpc) is 2.67. The molecule has 2 aromatic rings. The van der Waals surface area contributed by atoms with Crippen molar-refractivity contribution in [3.63, 3.8) is 0 Å². The maximum Gasteiger partial charge on any atom is 0.230 e. The molecule has 0 aliphatic heterocycles. The Morgan fingerprint density at radius 2 is 1.70 bits per heavy atom.